The Morgan fingerprint density at radius 1 is 0.906 bits per heavy atom. The molecule has 6 heteroatoms. The Bertz CT molecular complexity index is 1130. The van der Waals surface area contributed by atoms with Crippen molar-refractivity contribution in [1.82, 2.24) is 4.90 Å². The van der Waals surface area contributed by atoms with E-state index in [4.69, 9.17) is 21.7 Å². The third-order valence-electron chi connectivity index (χ3n) is 6.40. The number of carbonyl (C=O) groups is 1. The van der Waals surface area contributed by atoms with Crippen LogP contribution in [0.3, 0.4) is 0 Å². The number of ketones is 1. The van der Waals surface area contributed by atoms with Gasteiger partial charge in [0.2, 0.25) is 0 Å². The molecule has 0 amide bonds. The second-order valence-corrected chi connectivity index (χ2v) is 8.22. The van der Waals surface area contributed by atoms with Crippen molar-refractivity contribution in [1.29, 1.82) is 15.9 Å². The second kappa shape index (κ2) is 8.53. The molecule has 1 aliphatic carbocycles. The molecular weight excluding hydrogens is 398 g/mol. The van der Waals surface area contributed by atoms with Gasteiger partial charge >= 0.3 is 0 Å². The van der Waals surface area contributed by atoms with E-state index in [1.165, 1.54) is 0 Å². The molecule has 1 aliphatic heterocycles. The molecule has 0 atom stereocenters. The Morgan fingerprint density at radius 3 is 1.84 bits per heavy atom. The zero-order valence-corrected chi connectivity index (χ0v) is 17.6. The van der Waals surface area contributed by atoms with E-state index in [-0.39, 0.29) is 11.7 Å². The van der Waals surface area contributed by atoms with Gasteiger partial charge in [-0.25, -0.2) is 0 Å². The largest absolute Gasteiger partial charge is 0.370 e. The lowest BCUT2D eigenvalue weighted by atomic mass is 9.55. The van der Waals surface area contributed by atoms with Crippen LogP contribution in [0, 0.1) is 33.5 Å². The lowest BCUT2D eigenvalue weighted by molar-refractivity contribution is -0.117. The summed E-state index contributed by atoms with van der Waals surface area (Å²) in [6, 6.07) is 18.6. The Labute approximate surface area is 187 Å². The molecule has 1 saturated carbocycles. The molecule has 32 heavy (non-hydrogen) atoms. The van der Waals surface area contributed by atoms with Crippen LogP contribution < -0.4 is 5.73 Å². The summed E-state index contributed by atoms with van der Waals surface area (Å²) in [4.78, 5) is 15.2. The number of carbonyl (C=O) groups excluding carboxylic acids is 1. The van der Waals surface area contributed by atoms with Crippen LogP contribution in [0.5, 0.6) is 0 Å². The third-order valence-corrected chi connectivity index (χ3v) is 6.40. The van der Waals surface area contributed by atoms with Gasteiger partial charge in [-0.3, -0.25) is 10.2 Å². The van der Waals surface area contributed by atoms with E-state index >= 15 is 0 Å². The molecule has 158 valence electrons. The summed E-state index contributed by atoms with van der Waals surface area (Å²) in [5.41, 5.74) is 9.81. The Balaban J connectivity index is 1.74. The van der Waals surface area contributed by atoms with Crippen molar-refractivity contribution in [3.05, 3.63) is 81.9 Å². The first-order valence-corrected chi connectivity index (χ1v) is 10.6. The predicted octanol–water partition coefficient (Wildman–Crippen LogP) is 3.85. The Morgan fingerprint density at radius 2 is 1.41 bits per heavy atom. The number of nitrogens with two attached hydrogens (primary N) is 1. The van der Waals surface area contributed by atoms with Gasteiger partial charge in [0.15, 0.2) is 11.7 Å². The molecule has 0 unspecified atom stereocenters. The summed E-state index contributed by atoms with van der Waals surface area (Å²) in [6.07, 6.45) is 6.18. The van der Waals surface area contributed by atoms with Gasteiger partial charge in [0, 0.05) is 29.7 Å². The average molecular weight is 422 g/mol. The van der Waals surface area contributed by atoms with Crippen molar-refractivity contribution in [2.45, 2.75) is 19.3 Å². The van der Waals surface area contributed by atoms with Gasteiger partial charge < -0.3 is 10.6 Å². The fourth-order valence-electron chi connectivity index (χ4n) is 4.62. The van der Waals surface area contributed by atoms with Crippen molar-refractivity contribution >= 4 is 23.9 Å². The number of rotatable bonds is 2. The maximum absolute atomic E-state index is 13.3. The minimum Gasteiger partial charge on any atom is -0.370 e. The average Bonchev–Trinajstić information content (AvgIpc) is 3.06. The van der Waals surface area contributed by atoms with Gasteiger partial charge in [-0.1, -0.05) is 24.3 Å². The zero-order chi connectivity index (χ0) is 22.7. The first kappa shape index (κ1) is 21.1. The number of guanidine groups is 1. The summed E-state index contributed by atoms with van der Waals surface area (Å²) < 4.78 is 0. The second-order valence-electron chi connectivity index (χ2n) is 8.22. The normalized spacial score (nSPS) is 19.8. The quantitative estimate of drug-likeness (QED) is 0.434. The first-order valence-electron chi connectivity index (χ1n) is 10.6. The van der Waals surface area contributed by atoms with E-state index in [1.807, 2.05) is 41.3 Å². The van der Waals surface area contributed by atoms with Crippen LogP contribution in [0.25, 0.3) is 12.2 Å². The number of hydrogen-bond acceptors (Lipinski definition) is 4. The summed E-state index contributed by atoms with van der Waals surface area (Å²) in [5.74, 6) is 0.0814. The van der Waals surface area contributed by atoms with Gasteiger partial charge in [0.05, 0.1) is 23.3 Å². The summed E-state index contributed by atoms with van der Waals surface area (Å²) in [7, 11) is 0. The lowest BCUT2D eigenvalue weighted by Gasteiger charge is -2.46. The molecule has 2 fully saturated rings. The number of benzene rings is 2. The summed E-state index contributed by atoms with van der Waals surface area (Å²) in [6.45, 7) is 1.30. The predicted molar refractivity (Wildman–Crippen MR) is 123 cm³/mol. The summed E-state index contributed by atoms with van der Waals surface area (Å²) >= 11 is 0. The number of Topliss-reactive ketones (excluding diaryl/α,β-unsaturated/α-hetero) is 1. The molecule has 3 N–H and O–H groups in total. The molecule has 2 aromatic rings. The van der Waals surface area contributed by atoms with E-state index in [0.29, 0.717) is 30.6 Å². The Kier molecular flexibility index (Phi) is 5.62. The fourth-order valence-corrected chi connectivity index (χ4v) is 4.62. The molecule has 1 spiro atoms. The maximum atomic E-state index is 13.3. The number of nitrogens with one attached hydrogen (secondary N) is 1. The van der Waals surface area contributed by atoms with Gasteiger partial charge in [0.25, 0.3) is 0 Å². The highest BCUT2D eigenvalue weighted by atomic mass is 16.1. The number of nitriles is 2. The molecule has 2 aromatic carbocycles. The fraction of sp³-hybridized carbons (Fsp3) is 0.231. The maximum Gasteiger partial charge on any atom is 0.188 e. The molecular formula is C26H23N5O. The van der Waals surface area contributed by atoms with Crippen LogP contribution in [0.4, 0.5) is 0 Å². The molecule has 1 saturated heterocycles. The number of hydrogen-bond donors (Lipinski definition) is 2. The molecule has 0 aromatic heterocycles. The molecule has 0 radical (unpaired) electrons. The van der Waals surface area contributed by atoms with Crippen molar-refractivity contribution in [3.8, 4) is 12.1 Å². The van der Waals surface area contributed by atoms with Gasteiger partial charge in [0.1, 0.15) is 0 Å². The zero-order valence-electron chi connectivity index (χ0n) is 17.6. The topological polar surface area (TPSA) is 118 Å². The highest BCUT2D eigenvalue weighted by Gasteiger charge is 2.53. The van der Waals surface area contributed by atoms with Gasteiger partial charge in [-0.2, -0.15) is 10.5 Å². The first-order chi connectivity index (χ1) is 15.5. The number of allylic oxidation sites excluding steroid dienone is 2. The molecule has 4 rings (SSSR count). The van der Waals surface area contributed by atoms with Crippen LogP contribution in [-0.4, -0.2) is 29.7 Å². The van der Waals surface area contributed by atoms with Crippen LogP contribution in [0.1, 0.15) is 41.5 Å². The van der Waals surface area contributed by atoms with Crippen molar-refractivity contribution in [3.63, 3.8) is 0 Å². The van der Waals surface area contributed by atoms with E-state index < -0.39 is 5.41 Å². The molecule has 2 aliphatic rings. The number of nitrogens with zero attached hydrogens (tertiary/aromatic N) is 3. The Hall–Kier alpha value is -4.16. The molecule has 1 heterocycles. The smallest absolute Gasteiger partial charge is 0.188 e. The van der Waals surface area contributed by atoms with E-state index in [9.17, 15) is 4.79 Å². The van der Waals surface area contributed by atoms with E-state index in [2.05, 4.69) is 12.1 Å². The minimum absolute atomic E-state index is 0.0231. The SMILES string of the molecule is N#Cc1ccc(/C=C2/C(=O)/C(=C/c3ccc(C#N)cc3)C23CCCN(C(=N)N)CC3)cc1. The van der Waals surface area contributed by atoms with Crippen molar-refractivity contribution in [2.24, 2.45) is 11.1 Å². The van der Waals surface area contributed by atoms with Crippen LogP contribution in [0.15, 0.2) is 59.7 Å². The third kappa shape index (κ3) is 3.79. The highest BCUT2D eigenvalue weighted by molar-refractivity contribution is 6.23. The van der Waals surface area contributed by atoms with Crippen molar-refractivity contribution in [2.75, 3.05) is 13.1 Å². The van der Waals surface area contributed by atoms with E-state index in [0.717, 1.165) is 35.1 Å². The molecule has 6 nitrogen and oxygen atoms in total. The van der Waals surface area contributed by atoms with Crippen molar-refractivity contribution < 1.29 is 4.79 Å². The minimum atomic E-state index is -0.400. The van der Waals surface area contributed by atoms with Gasteiger partial charge in [-0.05, 0) is 66.8 Å². The summed E-state index contributed by atoms with van der Waals surface area (Å²) in [5, 5.41) is 25.9. The lowest BCUT2D eigenvalue weighted by Crippen LogP contribution is -2.45. The van der Waals surface area contributed by atoms with Crippen LogP contribution in [0.2, 0.25) is 0 Å². The van der Waals surface area contributed by atoms with Crippen LogP contribution in [-0.2, 0) is 4.79 Å². The monoisotopic (exact) mass is 421 g/mol. The van der Waals surface area contributed by atoms with Gasteiger partial charge in [-0.15, -0.1) is 0 Å². The highest BCUT2D eigenvalue weighted by Crippen LogP contribution is 2.56. The molecule has 0 bridgehead atoms. The van der Waals surface area contributed by atoms with Crippen LogP contribution >= 0.6 is 0 Å². The standard InChI is InChI=1S/C26H23N5O/c27-16-20-6-2-18(3-7-20)14-22-24(32)23(15-19-4-8-21(17-28)9-5-19)26(22)10-1-12-31(13-11-26)25(29)30/h2-9,14-15H,1,10-13H2,(H3,29,30)/b22-14-,23-15-. The number of likely N-dealkylation sites (tertiary alicyclic amines) is 1. The van der Waals surface area contributed by atoms with E-state index in [1.54, 1.807) is 24.3 Å².